The van der Waals surface area contributed by atoms with Gasteiger partial charge in [0.25, 0.3) is 0 Å². The fourth-order valence-corrected chi connectivity index (χ4v) is 2.76. The summed E-state index contributed by atoms with van der Waals surface area (Å²) in [6.45, 7) is 10.2. The van der Waals surface area contributed by atoms with E-state index in [1.54, 1.807) is 0 Å². The highest BCUT2D eigenvalue weighted by molar-refractivity contribution is 5.24. The van der Waals surface area contributed by atoms with Crippen molar-refractivity contribution in [2.45, 2.75) is 33.1 Å². The molecule has 1 aliphatic rings. The summed E-state index contributed by atoms with van der Waals surface area (Å²) in [7, 11) is 2.02. The lowest BCUT2D eigenvalue weighted by Gasteiger charge is -2.14. The van der Waals surface area contributed by atoms with Crippen LogP contribution in [-0.4, -0.2) is 47.4 Å². The van der Waals surface area contributed by atoms with E-state index in [1.807, 2.05) is 11.7 Å². The molecule has 1 aromatic rings. The van der Waals surface area contributed by atoms with E-state index in [0.717, 1.165) is 19.5 Å². The normalized spacial score (nSPS) is 16.6. The number of aromatic nitrogens is 2. The number of hydrogen-bond acceptors (Lipinski definition) is 3. The van der Waals surface area contributed by atoms with Crippen LogP contribution in [0.2, 0.25) is 0 Å². The fraction of sp³-hybridized carbons (Fsp3) is 0.786. The maximum Gasteiger partial charge on any atom is 0.0628 e. The quantitative estimate of drug-likeness (QED) is 0.772. The van der Waals surface area contributed by atoms with Gasteiger partial charge in [-0.1, -0.05) is 0 Å². The van der Waals surface area contributed by atoms with Gasteiger partial charge in [0.15, 0.2) is 0 Å². The highest BCUT2D eigenvalue weighted by Gasteiger charge is 2.11. The van der Waals surface area contributed by atoms with Crippen molar-refractivity contribution >= 4 is 0 Å². The summed E-state index contributed by atoms with van der Waals surface area (Å²) in [5.41, 5.74) is 3.89. The molecule has 0 spiro atoms. The van der Waals surface area contributed by atoms with E-state index >= 15 is 0 Å². The third-order valence-corrected chi connectivity index (χ3v) is 4.01. The molecule has 0 amide bonds. The van der Waals surface area contributed by atoms with Crippen LogP contribution in [0.1, 0.15) is 29.8 Å². The highest BCUT2D eigenvalue weighted by atomic mass is 15.3. The Morgan fingerprint density at radius 1 is 1.17 bits per heavy atom. The number of aryl methyl sites for hydroxylation is 2. The number of likely N-dealkylation sites (tertiary alicyclic amines) is 1. The Morgan fingerprint density at radius 2 is 1.89 bits per heavy atom. The van der Waals surface area contributed by atoms with Crippen LogP contribution in [0.15, 0.2) is 0 Å². The van der Waals surface area contributed by atoms with Crippen LogP contribution in [0.3, 0.4) is 0 Å². The largest absolute Gasteiger partial charge is 0.315 e. The van der Waals surface area contributed by atoms with Crippen molar-refractivity contribution in [3.05, 3.63) is 17.0 Å². The average Bonchev–Trinajstić information content (AvgIpc) is 2.92. The molecule has 0 unspecified atom stereocenters. The van der Waals surface area contributed by atoms with Crippen molar-refractivity contribution in [1.82, 2.24) is 20.0 Å². The minimum atomic E-state index is 1.06. The maximum absolute atomic E-state index is 4.45. The molecule has 0 saturated carbocycles. The summed E-state index contributed by atoms with van der Waals surface area (Å²) in [4.78, 5) is 2.55. The van der Waals surface area contributed by atoms with Crippen LogP contribution in [0.5, 0.6) is 0 Å². The molecule has 0 bridgehead atoms. The van der Waals surface area contributed by atoms with Gasteiger partial charge in [0.2, 0.25) is 0 Å². The topological polar surface area (TPSA) is 33.1 Å². The third-order valence-electron chi connectivity index (χ3n) is 4.01. The zero-order valence-electron chi connectivity index (χ0n) is 12.0. The van der Waals surface area contributed by atoms with Gasteiger partial charge >= 0.3 is 0 Å². The highest BCUT2D eigenvalue weighted by Crippen LogP contribution is 2.11. The van der Waals surface area contributed by atoms with Crippen molar-refractivity contribution in [2.24, 2.45) is 7.05 Å². The average molecular weight is 250 g/mol. The molecule has 1 aliphatic heterocycles. The first-order valence-electron chi connectivity index (χ1n) is 7.10. The predicted molar refractivity (Wildman–Crippen MR) is 74.9 cm³/mol. The van der Waals surface area contributed by atoms with E-state index in [-0.39, 0.29) is 0 Å². The molecule has 1 fully saturated rings. The first-order valence-corrected chi connectivity index (χ1v) is 7.10. The second kappa shape index (κ2) is 6.34. The van der Waals surface area contributed by atoms with Crippen LogP contribution in [0.25, 0.3) is 0 Å². The fourth-order valence-electron chi connectivity index (χ4n) is 2.76. The van der Waals surface area contributed by atoms with Gasteiger partial charge < -0.3 is 10.2 Å². The van der Waals surface area contributed by atoms with Crippen LogP contribution in [0, 0.1) is 13.8 Å². The van der Waals surface area contributed by atoms with E-state index in [1.165, 1.54) is 49.4 Å². The van der Waals surface area contributed by atoms with E-state index in [0.29, 0.717) is 0 Å². The Labute approximate surface area is 110 Å². The summed E-state index contributed by atoms with van der Waals surface area (Å²) >= 11 is 0. The monoisotopic (exact) mass is 250 g/mol. The van der Waals surface area contributed by atoms with Gasteiger partial charge in [-0.2, -0.15) is 5.10 Å². The van der Waals surface area contributed by atoms with Crippen LogP contribution < -0.4 is 5.32 Å². The summed E-state index contributed by atoms with van der Waals surface area (Å²) in [5.74, 6) is 0. The van der Waals surface area contributed by atoms with Gasteiger partial charge in [-0.3, -0.25) is 4.68 Å². The van der Waals surface area contributed by atoms with Gasteiger partial charge in [-0.25, -0.2) is 0 Å². The SMILES string of the molecule is Cc1nn(C)c(C)c1CCNCCN1CCCC1. The summed E-state index contributed by atoms with van der Waals surface area (Å²) < 4.78 is 1.98. The Kier molecular flexibility index (Phi) is 4.78. The first-order chi connectivity index (χ1) is 8.68. The molecule has 1 N–H and O–H groups in total. The van der Waals surface area contributed by atoms with Crippen LogP contribution in [0.4, 0.5) is 0 Å². The first kappa shape index (κ1) is 13.6. The van der Waals surface area contributed by atoms with Crippen LogP contribution in [-0.2, 0) is 13.5 Å². The maximum atomic E-state index is 4.45. The summed E-state index contributed by atoms with van der Waals surface area (Å²) in [6.07, 6.45) is 3.85. The zero-order chi connectivity index (χ0) is 13.0. The lowest BCUT2D eigenvalue weighted by atomic mass is 10.1. The van der Waals surface area contributed by atoms with Gasteiger partial charge in [-0.05, 0) is 58.3 Å². The van der Waals surface area contributed by atoms with Crippen molar-refractivity contribution in [3.63, 3.8) is 0 Å². The van der Waals surface area contributed by atoms with E-state index in [2.05, 4.69) is 29.2 Å². The van der Waals surface area contributed by atoms with Crippen molar-refractivity contribution < 1.29 is 0 Å². The molecular weight excluding hydrogens is 224 g/mol. The second-order valence-electron chi connectivity index (χ2n) is 5.32. The molecule has 2 rings (SSSR count). The Hall–Kier alpha value is -0.870. The minimum Gasteiger partial charge on any atom is -0.315 e. The lowest BCUT2D eigenvalue weighted by Crippen LogP contribution is -2.31. The Morgan fingerprint density at radius 3 is 2.50 bits per heavy atom. The molecule has 0 radical (unpaired) electrons. The molecule has 0 atom stereocenters. The van der Waals surface area contributed by atoms with Crippen molar-refractivity contribution in [3.8, 4) is 0 Å². The molecule has 2 heterocycles. The van der Waals surface area contributed by atoms with Crippen molar-refractivity contribution in [1.29, 1.82) is 0 Å². The van der Waals surface area contributed by atoms with E-state index in [4.69, 9.17) is 0 Å². The molecule has 102 valence electrons. The van der Waals surface area contributed by atoms with Crippen LogP contribution >= 0.6 is 0 Å². The smallest absolute Gasteiger partial charge is 0.0628 e. The number of hydrogen-bond donors (Lipinski definition) is 1. The molecular formula is C14H26N4. The number of nitrogens with one attached hydrogen (secondary N) is 1. The van der Waals surface area contributed by atoms with E-state index < -0.39 is 0 Å². The molecule has 0 aromatic carbocycles. The lowest BCUT2D eigenvalue weighted by molar-refractivity contribution is 0.336. The zero-order valence-corrected chi connectivity index (χ0v) is 12.0. The predicted octanol–water partition coefficient (Wildman–Crippen LogP) is 1.26. The molecule has 1 saturated heterocycles. The standard InChI is InChI=1S/C14H26N4/c1-12-14(13(2)17(3)16-12)6-7-15-8-11-18-9-4-5-10-18/h15H,4-11H2,1-3H3. The Bertz CT molecular complexity index is 377. The van der Waals surface area contributed by atoms with Gasteiger partial charge in [-0.15, -0.1) is 0 Å². The summed E-state index contributed by atoms with van der Waals surface area (Å²) in [5, 5.41) is 8.00. The number of rotatable bonds is 6. The molecule has 1 aromatic heterocycles. The van der Waals surface area contributed by atoms with Gasteiger partial charge in [0.05, 0.1) is 5.69 Å². The second-order valence-corrected chi connectivity index (χ2v) is 5.32. The molecule has 4 nitrogen and oxygen atoms in total. The number of nitrogens with zero attached hydrogens (tertiary/aromatic N) is 3. The van der Waals surface area contributed by atoms with Crippen molar-refractivity contribution in [2.75, 3.05) is 32.7 Å². The Balaban J connectivity index is 1.65. The van der Waals surface area contributed by atoms with E-state index in [9.17, 15) is 0 Å². The molecule has 0 aliphatic carbocycles. The third kappa shape index (κ3) is 3.33. The van der Waals surface area contributed by atoms with Gasteiger partial charge in [0, 0.05) is 25.8 Å². The van der Waals surface area contributed by atoms with Gasteiger partial charge in [0.1, 0.15) is 0 Å². The molecule has 18 heavy (non-hydrogen) atoms. The minimum absolute atomic E-state index is 1.06. The molecule has 4 heteroatoms. The summed E-state index contributed by atoms with van der Waals surface area (Å²) in [6, 6.07) is 0.